The largest absolute Gasteiger partial charge is 0.508 e. The SMILES string of the molecule is Cc1ccn2c(Cc3ccc(O)cc3)ncc2c1. The van der Waals surface area contributed by atoms with E-state index in [2.05, 4.69) is 28.4 Å². The van der Waals surface area contributed by atoms with Crippen molar-refractivity contribution in [2.24, 2.45) is 0 Å². The number of imidazole rings is 1. The Morgan fingerprint density at radius 3 is 2.72 bits per heavy atom. The molecule has 3 nitrogen and oxygen atoms in total. The molecule has 18 heavy (non-hydrogen) atoms. The third kappa shape index (κ3) is 1.95. The van der Waals surface area contributed by atoms with Crippen molar-refractivity contribution in [3.8, 4) is 5.75 Å². The van der Waals surface area contributed by atoms with Gasteiger partial charge in [0.2, 0.25) is 0 Å². The molecule has 3 aromatic rings. The van der Waals surface area contributed by atoms with Crippen molar-refractivity contribution < 1.29 is 5.11 Å². The van der Waals surface area contributed by atoms with E-state index in [1.165, 1.54) is 5.56 Å². The predicted octanol–water partition coefficient (Wildman–Crippen LogP) is 2.94. The molecule has 0 amide bonds. The standard InChI is InChI=1S/C15H14N2O/c1-11-6-7-17-13(8-11)10-16-15(17)9-12-2-4-14(18)5-3-12/h2-8,10,18H,9H2,1H3. The minimum Gasteiger partial charge on any atom is -0.508 e. The molecule has 2 aromatic heterocycles. The van der Waals surface area contributed by atoms with Gasteiger partial charge >= 0.3 is 0 Å². The number of aromatic nitrogens is 2. The van der Waals surface area contributed by atoms with Crippen molar-refractivity contribution in [1.82, 2.24) is 9.38 Å². The van der Waals surface area contributed by atoms with Crippen LogP contribution >= 0.6 is 0 Å². The summed E-state index contributed by atoms with van der Waals surface area (Å²) in [6.07, 6.45) is 4.70. The van der Waals surface area contributed by atoms with E-state index in [1.807, 2.05) is 24.5 Å². The molecule has 90 valence electrons. The van der Waals surface area contributed by atoms with Crippen LogP contribution in [0.3, 0.4) is 0 Å². The van der Waals surface area contributed by atoms with Gasteiger partial charge in [-0.15, -0.1) is 0 Å². The van der Waals surface area contributed by atoms with Crippen molar-refractivity contribution in [3.05, 3.63) is 65.7 Å². The number of aryl methyl sites for hydroxylation is 1. The summed E-state index contributed by atoms with van der Waals surface area (Å²) in [5.74, 6) is 1.30. The summed E-state index contributed by atoms with van der Waals surface area (Å²) in [5, 5.41) is 9.26. The number of aromatic hydroxyl groups is 1. The highest BCUT2D eigenvalue weighted by molar-refractivity contribution is 5.48. The van der Waals surface area contributed by atoms with Gasteiger partial charge in [0, 0.05) is 12.6 Å². The zero-order valence-corrected chi connectivity index (χ0v) is 10.2. The van der Waals surface area contributed by atoms with Crippen LogP contribution in [0, 0.1) is 6.92 Å². The van der Waals surface area contributed by atoms with Gasteiger partial charge in [-0.2, -0.15) is 0 Å². The van der Waals surface area contributed by atoms with Gasteiger partial charge in [0.15, 0.2) is 0 Å². The highest BCUT2D eigenvalue weighted by atomic mass is 16.3. The topological polar surface area (TPSA) is 37.5 Å². The zero-order chi connectivity index (χ0) is 12.5. The second-order valence-corrected chi connectivity index (χ2v) is 4.52. The molecule has 0 aliphatic rings. The van der Waals surface area contributed by atoms with E-state index < -0.39 is 0 Å². The van der Waals surface area contributed by atoms with E-state index in [-0.39, 0.29) is 0 Å². The Bertz CT molecular complexity index is 683. The number of fused-ring (bicyclic) bond motifs is 1. The van der Waals surface area contributed by atoms with Crippen molar-refractivity contribution in [2.75, 3.05) is 0 Å². The van der Waals surface area contributed by atoms with E-state index >= 15 is 0 Å². The first kappa shape index (κ1) is 10.8. The van der Waals surface area contributed by atoms with Crippen LogP contribution in [-0.4, -0.2) is 14.5 Å². The quantitative estimate of drug-likeness (QED) is 0.745. The van der Waals surface area contributed by atoms with E-state index in [0.29, 0.717) is 5.75 Å². The van der Waals surface area contributed by atoms with Crippen LogP contribution in [0.15, 0.2) is 48.8 Å². The number of phenols is 1. The number of benzene rings is 1. The Kier molecular flexibility index (Phi) is 2.52. The first-order valence-corrected chi connectivity index (χ1v) is 5.93. The maximum absolute atomic E-state index is 9.26. The summed E-state index contributed by atoms with van der Waals surface area (Å²) < 4.78 is 2.10. The third-order valence-corrected chi connectivity index (χ3v) is 3.06. The van der Waals surface area contributed by atoms with Crippen molar-refractivity contribution in [2.45, 2.75) is 13.3 Å². The van der Waals surface area contributed by atoms with Crippen LogP contribution in [-0.2, 0) is 6.42 Å². The minimum atomic E-state index is 0.294. The Morgan fingerprint density at radius 2 is 1.94 bits per heavy atom. The molecule has 3 rings (SSSR count). The van der Waals surface area contributed by atoms with Gasteiger partial charge in [-0.25, -0.2) is 4.98 Å². The Hall–Kier alpha value is -2.29. The molecule has 0 atom stereocenters. The Balaban J connectivity index is 1.97. The van der Waals surface area contributed by atoms with Crippen molar-refractivity contribution in [1.29, 1.82) is 0 Å². The fraction of sp³-hybridized carbons (Fsp3) is 0.133. The highest BCUT2D eigenvalue weighted by Crippen LogP contribution is 2.15. The van der Waals surface area contributed by atoms with Gasteiger partial charge in [0.05, 0.1) is 11.7 Å². The number of pyridine rings is 1. The molecule has 1 aromatic carbocycles. The number of rotatable bonds is 2. The summed E-state index contributed by atoms with van der Waals surface area (Å²) in [6, 6.07) is 11.4. The molecule has 0 fully saturated rings. The summed E-state index contributed by atoms with van der Waals surface area (Å²) in [7, 11) is 0. The monoisotopic (exact) mass is 238 g/mol. The van der Waals surface area contributed by atoms with Crippen LogP contribution in [0.4, 0.5) is 0 Å². The molecule has 0 aliphatic heterocycles. The molecule has 3 heteroatoms. The first-order chi connectivity index (χ1) is 8.72. The lowest BCUT2D eigenvalue weighted by molar-refractivity contribution is 0.475. The van der Waals surface area contributed by atoms with E-state index in [9.17, 15) is 5.11 Å². The lowest BCUT2D eigenvalue weighted by atomic mass is 10.1. The van der Waals surface area contributed by atoms with Gasteiger partial charge < -0.3 is 9.51 Å². The maximum Gasteiger partial charge on any atom is 0.117 e. The van der Waals surface area contributed by atoms with Crippen LogP contribution in [0.5, 0.6) is 5.75 Å². The lowest BCUT2D eigenvalue weighted by Gasteiger charge is -2.03. The van der Waals surface area contributed by atoms with Gasteiger partial charge in [-0.3, -0.25) is 0 Å². The highest BCUT2D eigenvalue weighted by Gasteiger charge is 2.04. The Morgan fingerprint density at radius 1 is 1.17 bits per heavy atom. The molecule has 1 N–H and O–H groups in total. The smallest absolute Gasteiger partial charge is 0.117 e. The van der Waals surface area contributed by atoms with Gasteiger partial charge in [0.25, 0.3) is 0 Å². The molecule has 0 aliphatic carbocycles. The van der Waals surface area contributed by atoms with Crippen molar-refractivity contribution >= 4 is 5.52 Å². The van der Waals surface area contributed by atoms with Crippen LogP contribution < -0.4 is 0 Å². The van der Waals surface area contributed by atoms with Gasteiger partial charge in [-0.1, -0.05) is 12.1 Å². The van der Waals surface area contributed by atoms with Crippen molar-refractivity contribution in [3.63, 3.8) is 0 Å². The second kappa shape index (κ2) is 4.18. The number of phenolic OH excluding ortho intramolecular Hbond substituents is 1. The summed E-state index contributed by atoms with van der Waals surface area (Å²) >= 11 is 0. The number of hydrogen-bond acceptors (Lipinski definition) is 2. The van der Waals surface area contributed by atoms with Crippen LogP contribution in [0.2, 0.25) is 0 Å². The average molecular weight is 238 g/mol. The number of hydrogen-bond donors (Lipinski definition) is 1. The molecule has 0 radical (unpaired) electrons. The summed E-state index contributed by atoms with van der Waals surface area (Å²) in [5.41, 5.74) is 3.49. The van der Waals surface area contributed by atoms with E-state index in [1.54, 1.807) is 12.1 Å². The molecule has 0 bridgehead atoms. The lowest BCUT2D eigenvalue weighted by Crippen LogP contribution is -1.96. The molecule has 2 heterocycles. The maximum atomic E-state index is 9.26. The number of nitrogens with zero attached hydrogens (tertiary/aromatic N) is 2. The van der Waals surface area contributed by atoms with Crippen LogP contribution in [0.25, 0.3) is 5.52 Å². The molecule has 0 unspecified atom stereocenters. The molecule has 0 saturated carbocycles. The zero-order valence-electron chi connectivity index (χ0n) is 10.2. The summed E-state index contributed by atoms with van der Waals surface area (Å²) in [4.78, 5) is 4.45. The Labute approximate surface area is 105 Å². The third-order valence-electron chi connectivity index (χ3n) is 3.06. The summed E-state index contributed by atoms with van der Waals surface area (Å²) in [6.45, 7) is 2.08. The van der Waals surface area contributed by atoms with E-state index in [4.69, 9.17) is 0 Å². The van der Waals surface area contributed by atoms with Crippen LogP contribution in [0.1, 0.15) is 17.0 Å². The van der Waals surface area contributed by atoms with Gasteiger partial charge in [0.1, 0.15) is 11.6 Å². The molecule has 0 spiro atoms. The fourth-order valence-corrected chi connectivity index (χ4v) is 2.09. The predicted molar refractivity (Wildman–Crippen MR) is 70.8 cm³/mol. The second-order valence-electron chi connectivity index (χ2n) is 4.52. The minimum absolute atomic E-state index is 0.294. The normalized spacial score (nSPS) is 10.9. The fourth-order valence-electron chi connectivity index (χ4n) is 2.09. The molecular formula is C15H14N2O. The molecule has 0 saturated heterocycles. The first-order valence-electron chi connectivity index (χ1n) is 5.93. The average Bonchev–Trinajstić information content (AvgIpc) is 2.74. The van der Waals surface area contributed by atoms with E-state index in [0.717, 1.165) is 23.3 Å². The van der Waals surface area contributed by atoms with Gasteiger partial charge in [-0.05, 0) is 42.3 Å². The molecular weight excluding hydrogens is 224 g/mol.